The van der Waals surface area contributed by atoms with Crippen molar-refractivity contribution < 1.29 is 4.74 Å². The lowest BCUT2D eigenvalue weighted by Crippen LogP contribution is -1.97. The maximum absolute atomic E-state index is 5.22. The van der Waals surface area contributed by atoms with Gasteiger partial charge in [-0.15, -0.1) is 0 Å². The quantitative estimate of drug-likeness (QED) is 0.706. The Morgan fingerprint density at radius 1 is 1.29 bits per heavy atom. The molecule has 1 rings (SSSR count). The van der Waals surface area contributed by atoms with Crippen molar-refractivity contribution in [1.82, 2.24) is 0 Å². The SMILES string of the molecule is CCCc1ccc(OC)cc1[C](C)C. The van der Waals surface area contributed by atoms with Crippen LogP contribution in [0, 0.1) is 5.92 Å². The molecule has 0 N–H and O–H groups in total. The van der Waals surface area contributed by atoms with Crippen LogP contribution in [0.15, 0.2) is 18.2 Å². The summed E-state index contributed by atoms with van der Waals surface area (Å²) in [5.41, 5.74) is 2.76. The zero-order chi connectivity index (χ0) is 10.6. The standard InChI is InChI=1S/C13H19O/c1-5-6-11-7-8-12(14-4)9-13(11)10(2)3/h7-9H,5-6H2,1-4H3. The largest absolute Gasteiger partial charge is 0.497 e. The average Bonchev–Trinajstić information content (AvgIpc) is 2.18. The highest BCUT2D eigenvalue weighted by Gasteiger charge is 2.07. The Morgan fingerprint density at radius 3 is 2.50 bits per heavy atom. The molecule has 0 saturated carbocycles. The van der Waals surface area contributed by atoms with E-state index < -0.39 is 0 Å². The molecule has 1 nitrogen and oxygen atoms in total. The minimum Gasteiger partial charge on any atom is -0.497 e. The fourth-order valence-electron chi connectivity index (χ4n) is 1.64. The molecule has 0 bridgehead atoms. The van der Waals surface area contributed by atoms with Gasteiger partial charge in [0.1, 0.15) is 5.75 Å². The molecular weight excluding hydrogens is 172 g/mol. The number of hydrogen-bond donors (Lipinski definition) is 0. The summed E-state index contributed by atoms with van der Waals surface area (Å²) in [6, 6.07) is 6.34. The molecule has 0 spiro atoms. The predicted octanol–water partition coefficient (Wildman–Crippen LogP) is 3.61. The molecule has 0 aromatic heterocycles. The molecule has 77 valence electrons. The van der Waals surface area contributed by atoms with Crippen LogP contribution in [0.3, 0.4) is 0 Å². The third kappa shape index (κ3) is 2.50. The van der Waals surface area contributed by atoms with Gasteiger partial charge in [-0.05, 0) is 35.6 Å². The average molecular weight is 191 g/mol. The van der Waals surface area contributed by atoms with E-state index in [2.05, 4.69) is 32.9 Å². The second-order valence-corrected chi connectivity index (χ2v) is 3.77. The Bertz CT molecular complexity index is 289. The van der Waals surface area contributed by atoms with Crippen LogP contribution in [-0.2, 0) is 6.42 Å². The lowest BCUT2D eigenvalue weighted by Gasteiger charge is -2.13. The molecule has 1 aromatic carbocycles. The van der Waals surface area contributed by atoms with Gasteiger partial charge in [-0.2, -0.15) is 0 Å². The predicted molar refractivity (Wildman–Crippen MR) is 60.7 cm³/mol. The Labute approximate surface area is 87.1 Å². The maximum Gasteiger partial charge on any atom is 0.119 e. The van der Waals surface area contributed by atoms with Crippen molar-refractivity contribution in [2.45, 2.75) is 33.6 Å². The van der Waals surface area contributed by atoms with Gasteiger partial charge in [-0.1, -0.05) is 33.3 Å². The summed E-state index contributed by atoms with van der Waals surface area (Å²) in [4.78, 5) is 0. The van der Waals surface area contributed by atoms with E-state index in [0.29, 0.717) is 0 Å². The molecule has 1 aromatic rings. The molecule has 0 atom stereocenters. The van der Waals surface area contributed by atoms with Crippen molar-refractivity contribution in [3.05, 3.63) is 35.2 Å². The fourth-order valence-corrected chi connectivity index (χ4v) is 1.64. The molecule has 1 radical (unpaired) electrons. The van der Waals surface area contributed by atoms with Crippen molar-refractivity contribution in [3.63, 3.8) is 0 Å². The first kappa shape index (κ1) is 11.1. The molecule has 0 amide bonds. The van der Waals surface area contributed by atoms with Crippen LogP contribution in [0.2, 0.25) is 0 Å². The van der Waals surface area contributed by atoms with Crippen LogP contribution >= 0.6 is 0 Å². The van der Waals surface area contributed by atoms with Gasteiger partial charge < -0.3 is 4.74 Å². The van der Waals surface area contributed by atoms with E-state index >= 15 is 0 Å². The molecule has 0 fully saturated rings. The van der Waals surface area contributed by atoms with Gasteiger partial charge in [0.25, 0.3) is 0 Å². The van der Waals surface area contributed by atoms with E-state index in [1.807, 2.05) is 6.07 Å². The van der Waals surface area contributed by atoms with Gasteiger partial charge in [0.15, 0.2) is 0 Å². The highest BCUT2D eigenvalue weighted by atomic mass is 16.5. The molecule has 0 unspecified atom stereocenters. The van der Waals surface area contributed by atoms with E-state index in [1.54, 1.807) is 7.11 Å². The highest BCUT2D eigenvalue weighted by Crippen LogP contribution is 2.24. The van der Waals surface area contributed by atoms with Crippen molar-refractivity contribution in [3.8, 4) is 5.75 Å². The summed E-state index contributed by atoms with van der Waals surface area (Å²) in [6.45, 7) is 6.50. The van der Waals surface area contributed by atoms with E-state index in [0.717, 1.165) is 12.2 Å². The van der Waals surface area contributed by atoms with Crippen LogP contribution < -0.4 is 4.74 Å². The fraction of sp³-hybridized carbons (Fsp3) is 0.462. The van der Waals surface area contributed by atoms with Gasteiger partial charge in [0.05, 0.1) is 7.11 Å². The van der Waals surface area contributed by atoms with Gasteiger partial charge in [0.2, 0.25) is 0 Å². The minimum absolute atomic E-state index is 0.945. The van der Waals surface area contributed by atoms with Gasteiger partial charge in [0, 0.05) is 0 Å². The zero-order valence-corrected chi connectivity index (χ0v) is 9.55. The van der Waals surface area contributed by atoms with Crippen molar-refractivity contribution >= 4 is 0 Å². The molecule has 0 aliphatic rings. The minimum atomic E-state index is 0.945. The zero-order valence-electron chi connectivity index (χ0n) is 9.55. The smallest absolute Gasteiger partial charge is 0.119 e. The van der Waals surface area contributed by atoms with E-state index in [9.17, 15) is 0 Å². The molecule has 0 aliphatic heterocycles. The summed E-state index contributed by atoms with van der Waals surface area (Å²) in [7, 11) is 1.71. The normalized spacial score (nSPS) is 10.6. The molecule has 0 aliphatic carbocycles. The topological polar surface area (TPSA) is 9.23 Å². The van der Waals surface area contributed by atoms with Crippen LogP contribution in [-0.4, -0.2) is 7.11 Å². The summed E-state index contributed by atoms with van der Waals surface area (Å²) in [5.74, 6) is 2.30. The van der Waals surface area contributed by atoms with E-state index in [1.165, 1.54) is 23.5 Å². The molecular formula is C13H19O. The van der Waals surface area contributed by atoms with Crippen molar-refractivity contribution in [2.24, 2.45) is 0 Å². The molecule has 14 heavy (non-hydrogen) atoms. The van der Waals surface area contributed by atoms with Crippen LogP contribution in [0.4, 0.5) is 0 Å². The number of methoxy groups -OCH3 is 1. The summed E-state index contributed by atoms with van der Waals surface area (Å²) < 4.78 is 5.22. The monoisotopic (exact) mass is 191 g/mol. The first-order valence-corrected chi connectivity index (χ1v) is 5.16. The van der Waals surface area contributed by atoms with Crippen LogP contribution in [0.5, 0.6) is 5.75 Å². The molecule has 0 heterocycles. The molecule has 1 heteroatoms. The third-order valence-electron chi connectivity index (χ3n) is 2.38. The van der Waals surface area contributed by atoms with Gasteiger partial charge in [-0.3, -0.25) is 0 Å². The first-order valence-electron chi connectivity index (χ1n) is 5.16. The number of aryl methyl sites for hydroxylation is 1. The van der Waals surface area contributed by atoms with Crippen LogP contribution in [0.25, 0.3) is 0 Å². The Hall–Kier alpha value is -0.980. The maximum atomic E-state index is 5.22. The van der Waals surface area contributed by atoms with Crippen molar-refractivity contribution in [1.29, 1.82) is 0 Å². The number of hydrogen-bond acceptors (Lipinski definition) is 1. The second kappa shape index (κ2) is 5.04. The Morgan fingerprint density at radius 2 is 2.00 bits per heavy atom. The number of rotatable bonds is 4. The first-order chi connectivity index (χ1) is 6.69. The summed E-state index contributed by atoms with van der Waals surface area (Å²) >= 11 is 0. The second-order valence-electron chi connectivity index (χ2n) is 3.77. The van der Waals surface area contributed by atoms with E-state index in [-0.39, 0.29) is 0 Å². The Balaban J connectivity index is 3.03. The summed E-state index contributed by atoms with van der Waals surface area (Å²) in [6.07, 6.45) is 2.33. The van der Waals surface area contributed by atoms with Gasteiger partial charge in [-0.25, -0.2) is 0 Å². The molecule has 0 saturated heterocycles. The number of ether oxygens (including phenoxy) is 1. The van der Waals surface area contributed by atoms with E-state index in [4.69, 9.17) is 4.74 Å². The third-order valence-corrected chi connectivity index (χ3v) is 2.38. The number of benzene rings is 1. The van der Waals surface area contributed by atoms with Crippen LogP contribution in [0.1, 0.15) is 38.3 Å². The lowest BCUT2D eigenvalue weighted by molar-refractivity contribution is 0.414. The lowest BCUT2D eigenvalue weighted by atomic mass is 9.94. The highest BCUT2D eigenvalue weighted by molar-refractivity contribution is 5.42. The Kier molecular flexibility index (Phi) is 3.99. The van der Waals surface area contributed by atoms with Crippen molar-refractivity contribution in [2.75, 3.05) is 7.11 Å². The summed E-state index contributed by atoms with van der Waals surface area (Å²) in [5, 5.41) is 0. The van der Waals surface area contributed by atoms with Gasteiger partial charge >= 0.3 is 0 Å².